The molecule has 0 bridgehead atoms. The minimum atomic E-state index is -0.149. The lowest BCUT2D eigenvalue weighted by Gasteiger charge is -2.34. The maximum absolute atomic E-state index is 12.9. The first kappa shape index (κ1) is 11.5. The smallest absolute Gasteiger partial charge is 0.123 e. The third kappa shape index (κ3) is 2.30. The van der Waals surface area contributed by atoms with Crippen LogP contribution in [0.15, 0.2) is 41.0 Å². The molecule has 1 aromatic carbocycles. The first-order valence-corrected chi connectivity index (χ1v) is 6.52. The van der Waals surface area contributed by atoms with Gasteiger partial charge in [0.25, 0.3) is 0 Å². The Bertz CT molecular complexity index is 468. The van der Waals surface area contributed by atoms with Crippen molar-refractivity contribution in [1.29, 1.82) is 0 Å². The second-order valence-corrected chi connectivity index (χ2v) is 4.96. The number of benzene rings is 1. The minimum absolute atomic E-state index is 0.149. The van der Waals surface area contributed by atoms with E-state index < -0.39 is 0 Å². The average molecular weight is 244 g/mol. The van der Waals surface area contributed by atoms with Gasteiger partial charge in [-0.05, 0) is 42.5 Å². The van der Waals surface area contributed by atoms with Crippen molar-refractivity contribution in [3.05, 3.63) is 47.4 Å². The van der Waals surface area contributed by atoms with E-state index in [4.69, 9.17) is 0 Å². The standard InChI is InChI=1S/C15H17FN2/c16-14-3-1-12(2-4-14)13-6-9-18(10-7-13)15-5-8-17-11-15/h1-5,8,13H,6-7,9-11H2. The van der Waals surface area contributed by atoms with Gasteiger partial charge in [0.1, 0.15) is 5.82 Å². The van der Waals surface area contributed by atoms with Crippen LogP contribution in [0.25, 0.3) is 0 Å². The lowest BCUT2D eigenvalue weighted by molar-refractivity contribution is 0.262. The van der Waals surface area contributed by atoms with E-state index in [1.54, 1.807) is 12.1 Å². The maximum Gasteiger partial charge on any atom is 0.123 e. The molecule has 1 aromatic rings. The molecule has 0 unspecified atom stereocenters. The van der Waals surface area contributed by atoms with E-state index in [1.807, 2.05) is 18.3 Å². The van der Waals surface area contributed by atoms with Gasteiger partial charge in [0.05, 0.1) is 6.54 Å². The van der Waals surface area contributed by atoms with Gasteiger partial charge in [-0.2, -0.15) is 0 Å². The van der Waals surface area contributed by atoms with E-state index in [9.17, 15) is 4.39 Å². The fourth-order valence-corrected chi connectivity index (χ4v) is 2.78. The van der Waals surface area contributed by atoms with E-state index in [1.165, 1.54) is 11.3 Å². The second-order valence-electron chi connectivity index (χ2n) is 4.96. The Morgan fingerprint density at radius 2 is 1.83 bits per heavy atom. The van der Waals surface area contributed by atoms with Gasteiger partial charge >= 0.3 is 0 Å². The number of rotatable bonds is 2. The quantitative estimate of drug-likeness (QED) is 0.781. The van der Waals surface area contributed by atoms with Crippen molar-refractivity contribution in [3.8, 4) is 0 Å². The van der Waals surface area contributed by atoms with E-state index in [-0.39, 0.29) is 5.82 Å². The molecule has 2 nitrogen and oxygen atoms in total. The van der Waals surface area contributed by atoms with Crippen LogP contribution in [0.4, 0.5) is 4.39 Å². The highest BCUT2D eigenvalue weighted by Gasteiger charge is 2.22. The predicted octanol–water partition coefficient (Wildman–Crippen LogP) is 2.97. The Hall–Kier alpha value is -1.64. The van der Waals surface area contributed by atoms with Crippen LogP contribution in [0.2, 0.25) is 0 Å². The number of piperidine rings is 1. The average Bonchev–Trinajstić information content (AvgIpc) is 2.94. The summed E-state index contributed by atoms with van der Waals surface area (Å²) in [6.45, 7) is 3.00. The van der Waals surface area contributed by atoms with Gasteiger partial charge in [0, 0.05) is 25.0 Å². The Balaban J connectivity index is 1.61. The van der Waals surface area contributed by atoms with Crippen LogP contribution in [-0.2, 0) is 0 Å². The van der Waals surface area contributed by atoms with Gasteiger partial charge in [0.15, 0.2) is 0 Å². The summed E-state index contributed by atoms with van der Waals surface area (Å²) in [5.74, 6) is 0.425. The van der Waals surface area contributed by atoms with Crippen LogP contribution in [0, 0.1) is 5.82 Å². The molecule has 3 heteroatoms. The summed E-state index contributed by atoms with van der Waals surface area (Å²) in [5.41, 5.74) is 2.61. The SMILES string of the molecule is Fc1ccc(C2CCN(C3=CC=NC3)CC2)cc1. The molecule has 94 valence electrons. The fourth-order valence-electron chi connectivity index (χ4n) is 2.78. The van der Waals surface area contributed by atoms with Crippen molar-refractivity contribution in [1.82, 2.24) is 4.90 Å². The predicted molar refractivity (Wildman–Crippen MR) is 71.4 cm³/mol. The van der Waals surface area contributed by atoms with E-state index in [0.29, 0.717) is 5.92 Å². The van der Waals surface area contributed by atoms with Gasteiger partial charge < -0.3 is 4.90 Å². The number of hydrogen-bond acceptors (Lipinski definition) is 2. The number of aliphatic imine (C=N–C) groups is 1. The number of likely N-dealkylation sites (tertiary alicyclic amines) is 1. The number of hydrogen-bond donors (Lipinski definition) is 0. The van der Waals surface area contributed by atoms with Crippen LogP contribution in [-0.4, -0.2) is 30.7 Å². The van der Waals surface area contributed by atoms with Crippen LogP contribution in [0.5, 0.6) is 0 Å². The molecule has 3 rings (SSSR count). The van der Waals surface area contributed by atoms with Crippen LogP contribution in [0.3, 0.4) is 0 Å². The highest BCUT2D eigenvalue weighted by molar-refractivity contribution is 5.74. The lowest BCUT2D eigenvalue weighted by atomic mass is 9.89. The van der Waals surface area contributed by atoms with Gasteiger partial charge in [-0.3, -0.25) is 4.99 Å². The van der Waals surface area contributed by atoms with Gasteiger partial charge in [-0.15, -0.1) is 0 Å². The zero-order chi connectivity index (χ0) is 12.4. The first-order valence-electron chi connectivity index (χ1n) is 6.52. The summed E-state index contributed by atoms with van der Waals surface area (Å²) in [6.07, 6.45) is 6.28. The first-order chi connectivity index (χ1) is 8.83. The van der Waals surface area contributed by atoms with E-state index in [0.717, 1.165) is 32.5 Å². The van der Waals surface area contributed by atoms with Gasteiger partial charge in [-0.1, -0.05) is 12.1 Å². The summed E-state index contributed by atoms with van der Waals surface area (Å²) < 4.78 is 12.9. The number of halogens is 1. The molecule has 2 aliphatic heterocycles. The van der Waals surface area contributed by atoms with Crippen molar-refractivity contribution < 1.29 is 4.39 Å². The molecule has 0 amide bonds. The molecule has 0 atom stereocenters. The highest BCUT2D eigenvalue weighted by atomic mass is 19.1. The molecule has 1 saturated heterocycles. The molecule has 1 fully saturated rings. The zero-order valence-corrected chi connectivity index (χ0v) is 10.3. The molecular formula is C15H17FN2. The van der Waals surface area contributed by atoms with Crippen molar-refractivity contribution in [2.45, 2.75) is 18.8 Å². The van der Waals surface area contributed by atoms with Crippen molar-refractivity contribution >= 4 is 6.21 Å². The zero-order valence-electron chi connectivity index (χ0n) is 10.3. The summed E-state index contributed by atoms with van der Waals surface area (Å²) in [7, 11) is 0. The lowest BCUT2D eigenvalue weighted by Crippen LogP contribution is -2.32. The molecule has 2 heterocycles. The molecule has 0 aliphatic carbocycles. The minimum Gasteiger partial charge on any atom is -0.373 e. The molecule has 0 N–H and O–H groups in total. The normalized spacial score (nSPS) is 20.3. The Morgan fingerprint density at radius 1 is 1.11 bits per heavy atom. The van der Waals surface area contributed by atoms with Crippen molar-refractivity contribution in [2.75, 3.05) is 19.6 Å². The van der Waals surface area contributed by atoms with Gasteiger partial charge in [0.2, 0.25) is 0 Å². The topological polar surface area (TPSA) is 15.6 Å². The summed E-state index contributed by atoms with van der Waals surface area (Å²) in [5, 5.41) is 0. The number of allylic oxidation sites excluding steroid dienone is 1. The third-order valence-corrected chi connectivity index (χ3v) is 3.87. The Morgan fingerprint density at radius 3 is 2.44 bits per heavy atom. The maximum atomic E-state index is 12.9. The summed E-state index contributed by atoms with van der Waals surface area (Å²) in [4.78, 5) is 6.65. The summed E-state index contributed by atoms with van der Waals surface area (Å²) in [6, 6.07) is 6.98. The number of nitrogens with zero attached hydrogens (tertiary/aromatic N) is 2. The molecule has 0 aromatic heterocycles. The Labute approximate surface area is 107 Å². The van der Waals surface area contributed by atoms with E-state index >= 15 is 0 Å². The van der Waals surface area contributed by atoms with Crippen molar-refractivity contribution in [2.24, 2.45) is 4.99 Å². The molecule has 0 radical (unpaired) electrons. The summed E-state index contributed by atoms with van der Waals surface area (Å²) >= 11 is 0. The van der Waals surface area contributed by atoms with E-state index in [2.05, 4.69) is 16.0 Å². The Kier molecular flexibility index (Phi) is 3.13. The van der Waals surface area contributed by atoms with Crippen LogP contribution >= 0.6 is 0 Å². The largest absolute Gasteiger partial charge is 0.373 e. The van der Waals surface area contributed by atoms with Crippen molar-refractivity contribution in [3.63, 3.8) is 0 Å². The molecule has 0 spiro atoms. The third-order valence-electron chi connectivity index (χ3n) is 3.87. The van der Waals surface area contributed by atoms with Crippen LogP contribution in [0.1, 0.15) is 24.3 Å². The van der Waals surface area contributed by atoms with Crippen LogP contribution < -0.4 is 0 Å². The molecule has 0 saturated carbocycles. The van der Waals surface area contributed by atoms with Gasteiger partial charge in [-0.25, -0.2) is 4.39 Å². The highest BCUT2D eigenvalue weighted by Crippen LogP contribution is 2.29. The monoisotopic (exact) mass is 244 g/mol. The molecule has 18 heavy (non-hydrogen) atoms. The second kappa shape index (κ2) is 4.92. The molecular weight excluding hydrogens is 227 g/mol. The fraction of sp³-hybridized carbons (Fsp3) is 0.400. The molecule has 2 aliphatic rings.